The number of aryl methyl sites for hydroxylation is 1. The van der Waals surface area contributed by atoms with E-state index in [1.54, 1.807) is 26.0 Å². The van der Waals surface area contributed by atoms with Crippen LogP contribution in [-0.2, 0) is 11.2 Å². The van der Waals surface area contributed by atoms with Crippen molar-refractivity contribution in [2.24, 2.45) is 0 Å². The van der Waals surface area contributed by atoms with Gasteiger partial charge in [-0.3, -0.25) is 4.79 Å². The van der Waals surface area contributed by atoms with Crippen LogP contribution in [0.3, 0.4) is 0 Å². The number of hydrogen-bond donors (Lipinski definition) is 2. The number of carbonyl (C=O) groups is 1. The van der Waals surface area contributed by atoms with Crippen LogP contribution in [0.25, 0.3) is 21.9 Å². The van der Waals surface area contributed by atoms with Gasteiger partial charge in [-0.2, -0.15) is 0 Å². The van der Waals surface area contributed by atoms with Crippen molar-refractivity contribution >= 4 is 39.4 Å². The molecule has 0 radical (unpaired) electrons. The van der Waals surface area contributed by atoms with Crippen molar-refractivity contribution in [3.8, 4) is 5.75 Å². The van der Waals surface area contributed by atoms with Gasteiger partial charge in [0.1, 0.15) is 11.3 Å². The molecule has 0 saturated carbocycles. The molecule has 4 rings (SSSR count). The van der Waals surface area contributed by atoms with E-state index in [9.17, 15) is 9.59 Å². The first-order chi connectivity index (χ1) is 14.8. The van der Waals surface area contributed by atoms with Gasteiger partial charge >= 0.3 is 5.63 Å². The fourth-order valence-corrected chi connectivity index (χ4v) is 3.79. The molecule has 0 aliphatic rings. The van der Waals surface area contributed by atoms with Gasteiger partial charge in [0.05, 0.1) is 5.02 Å². The zero-order valence-electron chi connectivity index (χ0n) is 17.5. The summed E-state index contributed by atoms with van der Waals surface area (Å²) in [5.41, 5.74) is 3.54. The molecule has 1 atom stereocenters. The summed E-state index contributed by atoms with van der Waals surface area (Å²) in [5.74, 6) is 0.0393. The predicted octanol–water partition coefficient (Wildman–Crippen LogP) is 4.67. The predicted molar refractivity (Wildman–Crippen MR) is 122 cm³/mol. The maximum Gasteiger partial charge on any atom is 0.339 e. The number of nitrogens with one attached hydrogen (secondary N) is 2. The summed E-state index contributed by atoms with van der Waals surface area (Å²) in [7, 11) is 0. The first kappa shape index (κ1) is 21.0. The van der Waals surface area contributed by atoms with Crippen LogP contribution in [0, 0.1) is 13.8 Å². The average molecular weight is 439 g/mol. The van der Waals surface area contributed by atoms with Gasteiger partial charge in [-0.05, 0) is 50.5 Å². The lowest BCUT2D eigenvalue weighted by atomic mass is 10.1. The Labute approximate surface area is 184 Å². The van der Waals surface area contributed by atoms with Gasteiger partial charge in [-0.1, -0.05) is 29.8 Å². The van der Waals surface area contributed by atoms with E-state index in [2.05, 4.69) is 16.4 Å². The van der Waals surface area contributed by atoms with E-state index >= 15 is 0 Å². The molecule has 0 aliphatic heterocycles. The van der Waals surface area contributed by atoms with Crippen molar-refractivity contribution in [2.45, 2.75) is 33.3 Å². The Morgan fingerprint density at radius 1 is 1.19 bits per heavy atom. The number of fused-ring (bicyclic) bond motifs is 2. The molecule has 0 fully saturated rings. The summed E-state index contributed by atoms with van der Waals surface area (Å²) >= 11 is 6.36. The highest BCUT2D eigenvalue weighted by atomic mass is 35.5. The number of H-pyrrole nitrogens is 1. The lowest BCUT2D eigenvalue weighted by Gasteiger charge is -2.16. The van der Waals surface area contributed by atoms with Crippen molar-refractivity contribution in [1.29, 1.82) is 0 Å². The van der Waals surface area contributed by atoms with E-state index in [1.807, 2.05) is 31.3 Å². The summed E-state index contributed by atoms with van der Waals surface area (Å²) in [4.78, 5) is 27.7. The van der Waals surface area contributed by atoms with Crippen LogP contribution in [-0.4, -0.2) is 23.5 Å². The minimum atomic E-state index is -0.767. The molecule has 0 saturated heterocycles. The van der Waals surface area contributed by atoms with Crippen LogP contribution in [0.2, 0.25) is 5.02 Å². The van der Waals surface area contributed by atoms with Crippen LogP contribution in [0.4, 0.5) is 0 Å². The largest absolute Gasteiger partial charge is 0.479 e. The quantitative estimate of drug-likeness (QED) is 0.428. The number of ether oxygens (including phenoxy) is 1. The first-order valence-electron chi connectivity index (χ1n) is 10.1. The Hall–Kier alpha value is -3.25. The van der Waals surface area contributed by atoms with Crippen LogP contribution in [0.15, 0.2) is 51.8 Å². The van der Waals surface area contributed by atoms with Gasteiger partial charge in [-0.15, -0.1) is 0 Å². The van der Waals surface area contributed by atoms with E-state index in [1.165, 1.54) is 0 Å². The molecule has 6 nitrogen and oxygen atoms in total. The summed E-state index contributed by atoms with van der Waals surface area (Å²) in [6, 6.07) is 11.3. The molecule has 7 heteroatoms. The standard InChI is InChI=1S/C24H23ClN2O4/c1-13-14(2)24(29)31-21-11-22(19(25)10-18(13)21)30-15(3)23(28)26-9-8-16-12-27-20-7-5-4-6-17(16)20/h4-7,10-12,15,27H,8-9H2,1-3H3,(H,26,28). The molecule has 2 aromatic carbocycles. The van der Waals surface area contributed by atoms with Gasteiger partial charge in [0.15, 0.2) is 6.10 Å². The van der Waals surface area contributed by atoms with E-state index in [0.717, 1.165) is 27.4 Å². The van der Waals surface area contributed by atoms with Gasteiger partial charge in [-0.25, -0.2) is 4.79 Å². The van der Waals surface area contributed by atoms with E-state index < -0.39 is 11.7 Å². The van der Waals surface area contributed by atoms with Crippen LogP contribution < -0.4 is 15.7 Å². The highest BCUT2D eigenvalue weighted by Crippen LogP contribution is 2.32. The smallest absolute Gasteiger partial charge is 0.339 e. The normalized spacial score (nSPS) is 12.3. The maximum absolute atomic E-state index is 12.5. The maximum atomic E-state index is 12.5. The van der Waals surface area contributed by atoms with Crippen molar-refractivity contribution in [2.75, 3.05) is 6.54 Å². The van der Waals surface area contributed by atoms with E-state index in [4.69, 9.17) is 20.8 Å². The molecular weight excluding hydrogens is 416 g/mol. The Morgan fingerprint density at radius 2 is 1.97 bits per heavy atom. The number of halogens is 1. The third-order valence-electron chi connectivity index (χ3n) is 5.55. The number of hydrogen-bond acceptors (Lipinski definition) is 4. The van der Waals surface area contributed by atoms with Crippen molar-refractivity contribution in [3.05, 3.63) is 74.7 Å². The summed E-state index contributed by atoms with van der Waals surface area (Å²) in [6.45, 7) is 5.68. The monoisotopic (exact) mass is 438 g/mol. The molecule has 4 aromatic rings. The molecule has 0 aliphatic carbocycles. The number of para-hydroxylation sites is 1. The summed E-state index contributed by atoms with van der Waals surface area (Å²) in [5, 5.41) is 5.13. The number of aromatic amines is 1. The van der Waals surface area contributed by atoms with Crippen LogP contribution in [0.1, 0.15) is 23.6 Å². The second-order valence-electron chi connectivity index (χ2n) is 7.58. The molecule has 160 valence electrons. The third-order valence-corrected chi connectivity index (χ3v) is 5.85. The number of rotatable bonds is 6. The van der Waals surface area contributed by atoms with Crippen LogP contribution in [0.5, 0.6) is 5.75 Å². The Bertz CT molecular complexity index is 1340. The first-order valence-corrected chi connectivity index (χ1v) is 10.5. The topological polar surface area (TPSA) is 84.3 Å². The second-order valence-corrected chi connectivity index (χ2v) is 7.99. The summed E-state index contributed by atoms with van der Waals surface area (Å²) < 4.78 is 11.1. The number of aromatic nitrogens is 1. The highest BCUT2D eigenvalue weighted by molar-refractivity contribution is 6.32. The zero-order chi connectivity index (χ0) is 22.1. The fraction of sp³-hybridized carbons (Fsp3) is 0.250. The van der Waals surface area contributed by atoms with Gasteiger partial charge in [0, 0.05) is 40.7 Å². The van der Waals surface area contributed by atoms with Crippen molar-refractivity contribution < 1.29 is 13.9 Å². The lowest BCUT2D eigenvalue weighted by molar-refractivity contribution is -0.127. The molecular formula is C24H23ClN2O4. The Balaban J connectivity index is 1.42. The summed E-state index contributed by atoms with van der Waals surface area (Å²) in [6.07, 6.45) is 1.89. The Kier molecular flexibility index (Phi) is 5.74. The van der Waals surface area contributed by atoms with Gasteiger partial charge in [0.25, 0.3) is 5.91 Å². The molecule has 1 amide bonds. The Morgan fingerprint density at radius 3 is 2.77 bits per heavy atom. The molecule has 2 heterocycles. The van der Waals surface area contributed by atoms with Crippen molar-refractivity contribution in [1.82, 2.24) is 10.3 Å². The van der Waals surface area contributed by atoms with Gasteiger partial charge < -0.3 is 19.5 Å². The molecule has 0 bridgehead atoms. The third kappa shape index (κ3) is 4.16. The molecule has 2 aromatic heterocycles. The molecule has 2 N–H and O–H groups in total. The van der Waals surface area contributed by atoms with Crippen molar-refractivity contribution in [3.63, 3.8) is 0 Å². The second kappa shape index (κ2) is 8.47. The molecule has 0 spiro atoms. The average Bonchev–Trinajstić information content (AvgIpc) is 3.16. The van der Waals surface area contributed by atoms with E-state index in [0.29, 0.717) is 34.9 Å². The fourth-order valence-electron chi connectivity index (χ4n) is 3.58. The minimum absolute atomic E-state index is 0.252. The zero-order valence-corrected chi connectivity index (χ0v) is 18.3. The minimum Gasteiger partial charge on any atom is -0.479 e. The number of amides is 1. The molecule has 1 unspecified atom stereocenters. The SMILES string of the molecule is Cc1c(C)c2cc(Cl)c(OC(C)C(=O)NCCc3c[nH]c4ccccc34)cc2oc1=O. The van der Waals surface area contributed by atoms with Crippen LogP contribution >= 0.6 is 11.6 Å². The van der Waals surface area contributed by atoms with E-state index in [-0.39, 0.29) is 5.91 Å². The van der Waals surface area contributed by atoms with Gasteiger partial charge in [0.2, 0.25) is 0 Å². The molecule has 31 heavy (non-hydrogen) atoms. The number of benzene rings is 2. The highest BCUT2D eigenvalue weighted by Gasteiger charge is 2.18. The lowest BCUT2D eigenvalue weighted by Crippen LogP contribution is -2.37. The number of carbonyl (C=O) groups excluding carboxylic acids is 1.